The fourth-order valence-corrected chi connectivity index (χ4v) is 7.49. The van der Waals surface area contributed by atoms with E-state index in [0.29, 0.717) is 34.3 Å². The van der Waals surface area contributed by atoms with Gasteiger partial charge in [-0.25, -0.2) is 4.98 Å². The zero-order valence-electron chi connectivity index (χ0n) is 25.9. The molecule has 3 aromatic heterocycles. The zero-order chi connectivity index (χ0) is 32.2. The van der Waals surface area contributed by atoms with Crippen LogP contribution in [0.5, 0.6) is 0 Å². The molecule has 0 bridgehead atoms. The molecule has 8 rings (SSSR count). The van der Waals surface area contributed by atoms with E-state index in [9.17, 15) is 10.4 Å². The summed E-state index contributed by atoms with van der Waals surface area (Å²) in [7, 11) is 0. The summed E-state index contributed by atoms with van der Waals surface area (Å²) in [5, 5.41) is 25.9. The number of furan rings is 1. The number of aromatic nitrogens is 2. The van der Waals surface area contributed by atoms with E-state index < -0.39 is 0 Å². The lowest BCUT2D eigenvalue weighted by atomic mass is 9.96. The van der Waals surface area contributed by atoms with Gasteiger partial charge in [0.05, 0.1) is 16.7 Å². The smallest absolute Gasteiger partial charge is 0.156 e. The first-order valence-corrected chi connectivity index (χ1v) is 16.3. The minimum Gasteiger partial charge on any atom is -0.455 e. The first kappa shape index (κ1) is 29.6. The van der Waals surface area contributed by atoms with E-state index in [4.69, 9.17) is 26.7 Å². The van der Waals surface area contributed by atoms with Gasteiger partial charge in [-0.15, -0.1) is 0 Å². The summed E-state index contributed by atoms with van der Waals surface area (Å²) in [5.41, 5.74) is 15.9. The van der Waals surface area contributed by atoms with Crippen molar-refractivity contribution < 1.29 is 9.52 Å². The maximum absolute atomic E-state index is 10.0. The highest BCUT2D eigenvalue weighted by Crippen LogP contribution is 2.43. The molecule has 2 aliphatic rings. The molecule has 2 atom stereocenters. The molecule has 4 N–H and O–H groups in total. The van der Waals surface area contributed by atoms with Gasteiger partial charge in [0.25, 0.3) is 0 Å². The second-order valence-electron chi connectivity index (χ2n) is 12.6. The van der Waals surface area contributed by atoms with Crippen LogP contribution in [0.2, 0.25) is 5.02 Å². The molecule has 1 saturated heterocycles. The van der Waals surface area contributed by atoms with Gasteiger partial charge in [0.15, 0.2) is 11.4 Å². The van der Waals surface area contributed by atoms with Crippen molar-refractivity contribution in [3.05, 3.63) is 106 Å². The van der Waals surface area contributed by atoms with E-state index in [1.165, 1.54) is 0 Å². The normalized spacial score (nSPS) is 17.8. The topological polar surface area (TPSA) is 124 Å². The monoisotopic (exact) mass is 640 g/mol. The van der Waals surface area contributed by atoms with Crippen LogP contribution in [0.15, 0.2) is 77.5 Å². The lowest BCUT2D eigenvalue weighted by Gasteiger charge is -2.17. The van der Waals surface area contributed by atoms with Crippen molar-refractivity contribution in [1.82, 2.24) is 14.9 Å². The zero-order valence-corrected chi connectivity index (χ0v) is 26.7. The van der Waals surface area contributed by atoms with Crippen molar-refractivity contribution in [3.63, 3.8) is 0 Å². The molecule has 0 saturated carbocycles. The van der Waals surface area contributed by atoms with Crippen LogP contribution in [0.4, 0.5) is 11.5 Å². The Balaban J connectivity index is 1.12. The Morgan fingerprint density at radius 3 is 2.72 bits per heavy atom. The molecule has 1 aliphatic heterocycles. The van der Waals surface area contributed by atoms with E-state index in [1.807, 2.05) is 48.7 Å². The number of nitrogens with zero attached hydrogens (tertiary/aromatic N) is 4. The summed E-state index contributed by atoms with van der Waals surface area (Å²) in [6.45, 7) is 4.41. The SMILES string of the molecule is Cc1c(Nc2nccc3cc(CN4CC[C@@H](O)C4)cnc23)cccc1-c1cccc(-c2cc3cc4c(c(C#N)c3o2)CC[C@H]4N)c1Cl. The number of nitrogens with two attached hydrogens (primary N) is 1. The largest absolute Gasteiger partial charge is 0.455 e. The van der Waals surface area contributed by atoms with Crippen LogP contribution in [-0.2, 0) is 13.0 Å². The van der Waals surface area contributed by atoms with Crippen molar-refractivity contribution in [2.75, 3.05) is 18.4 Å². The number of hydrogen-bond acceptors (Lipinski definition) is 8. The van der Waals surface area contributed by atoms with Gasteiger partial charge in [-0.3, -0.25) is 9.88 Å². The number of nitrogens with one attached hydrogen (secondary N) is 1. The van der Waals surface area contributed by atoms with Gasteiger partial charge in [0.2, 0.25) is 0 Å². The molecule has 3 aromatic carbocycles. The molecule has 4 heterocycles. The number of anilines is 2. The third-order valence-electron chi connectivity index (χ3n) is 9.62. The number of pyridine rings is 2. The average molecular weight is 641 g/mol. The molecule has 0 radical (unpaired) electrons. The number of likely N-dealkylation sites (tertiary alicyclic amines) is 1. The Bertz CT molecular complexity index is 2240. The molecule has 8 nitrogen and oxygen atoms in total. The molecule has 234 valence electrons. The Morgan fingerprint density at radius 2 is 1.89 bits per heavy atom. The highest BCUT2D eigenvalue weighted by Gasteiger charge is 2.27. The number of aliphatic hydroxyl groups is 1. The first-order valence-electron chi connectivity index (χ1n) is 15.9. The second-order valence-corrected chi connectivity index (χ2v) is 13.0. The first-order chi connectivity index (χ1) is 22.9. The van der Waals surface area contributed by atoms with Crippen molar-refractivity contribution in [3.8, 4) is 28.5 Å². The van der Waals surface area contributed by atoms with Gasteiger partial charge in [-0.1, -0.05) is 35.9 Å². The number of β-amino-alcohol motifs (C(OH)–C–C–N with tert-alkyl or cyclic N) is 1. The summed E-state index contributed by atoms with van der Waals surface area (Å²) in [5.74, 6) is 1.28. The van der Waals surface area contributed by atoms with Crippen molar-refractivity contribution in [2.24, 2.45) is 5.73 Å². The Hall–Kier alpha value is -4.78. The molecule has 1 aliphatic carbocycles. The van der Waals surface area contributed by atoms with Crippen molar-refractivity contribution in [1.29, 1.82) is 5.26 Å². The highest BCUT2D eigenvalue weighted by molar-refractivity contribution is 6.36. The van der Waals surface area contributed by atoms with E-state index in [1.54, 1.807) is 6.20 Å². The fraction of sp³-hybridized carbons (Fsp3) is 0.237. The summed E-state index contributed by atoms with van der Waals surface area (Å²) < 4.78 is 6.34. The molecule has 0 spiro atoms. The molecule has 1 fully saturated rings. The van der Waals surface area contributed by atoms with Crippen LogP contribution in [0, 0.1) is 18.3 Å². The number of benzene rings is 3. The summed E-state index contributed by atoms with van der Waals surface area (Å²) in [6, 6.07) is 22.4. The summed E-state index contributed by atoms with van der Waals surface area (Å²) in [6.07, 6.45) is 5.87. The van der Waals surface area contributed by atoms with E-state index >= 15 is 0 Å². The number of halogens is 1. The van der Waals surface area contributed by atoms with E-state index in [0.717, 1.165) is 93.3 Å². The standard InChI is InChI=1S/C38H33ClN6O2/c1-21-26(4-3-7-33(21)44-38-36-23(10-12-42-38)14-22(18-43-36)19-45-13-11-25(46)20-45)28-5-2-6-29(35(28)39)34-16-24-15-30-27(8-9-32(30)41)31(17-40)37(24)47-34/h2-7,10,12,14-16,18,25,32,46H,8-9,11,13,19-20,41H2,1H3,(H,42,44)/t25-,32-/m1/s1. The van der Waals surface area contributed by atoms with Crippen LogP contribution >= 0.6 is 11.6 Å². The quantitative estimate of drug-likeness (QED) is 0.168. The van der Waals surface area contributed by atoms with Crippen LogP contribution in [0.25, 0.3) is 44.3 Å². The highest BCUT2D eigenvalue weighted by atomic mass is 35.5. The molecular formula is C38H33ClN6O2. The maximum Gasteiger partial charge on any atom is 0.156 e. The second kappa shape index (κ2) is 11.8. The van der Waals surface area contributed by atoms with Crippen LogP contribution in [-0.4, -0.2) is 39.2 Å². The molecular weight excluding hydrogens is 608 g/mol. The lowest BCUT2D eigenvalue weighted by molar-refractivity contribution is 0.175. The Kier molecular flexibility index (Phi) is 7.42. The van der Waals surface area contributed by atoms with E-state index in [2.05, 4.69) is 46.4 Å². The van der Waals surface area contributed by atoms with Gasteiger partial charge in [-0.05, 0) is 90.4 Å². The summed E-state index contributed by atoms with van der Waals surface area (Å²) >= 11 is 7.14. The van der Waals surface area contributed by atoms with Gasteiger partial charge < -0.3 is 20.6 Å². The predicted octanol–water partition coefficient (Wildman–Crippen LogP) is 7.80. The van der Waals surface area contributed by atoms with Crippen molar-refractivity contribution >= 4 is 45.0 Å². The van der Waals surface area contributed by atoms with Gasteiger partial charge >= 0.3 is 0 Å². The lowest BCUT2D eigenvalue weighted by Crippen LogP contribution is -2.21. The number of fused-ring (bicyclic) bond motifs is 3. The molecule has 6 aromatic rings. The Morgan fingerprint density at radius 1 is 1.06 bits per heavy atom. The molecule has 0 unspecified atom stereocenters. The maximum atomic E-state index is 10.0. The molecule has 0 amide bonds. The number of rotatable bonds is 6. The van der Waals surface area contributed by atoms with Gasteiger partial charge in [0, 0.05) is 65.7 Å². The Labute approximate surface area is 277 Å². The molecule has 47 heavy (non-hydrogen) atoms. The molecule has 9 heteroatoms. The minimum atomic E-state index is -0.247. The van der Waals surface area contributed by atoms with Crippen LogP contribution in [0.3, 0.4) is 0 Å². The number of hydrogen-bond donors (Lipinski definition) is 3. The van der Waals surface area contributed by atoms with Crippen LogP contribution < -0.4 is 11.1 Å². The summed E-state index contributed by atoms with van der Waals surface area (Å²) in [4.78, 5) is 11.7. The number of aliphatic hydroxyl groups excluding tert-OH is 1. The van der Waals surface area contributed by atoms with Gasteiger partial charge in [-0.2, -0.15) is 5.26 Å². The third kappa shape index (κ3) is 5.22. The third-order valence-corrected chi connectivity index (χ3v) is 10.0. The fourth-order valence-electron chi connectivity index (χ4n) is 7.17. The van der Waals surface area contributed by atoms with Crippen LogP contribution in [0.1, 0.15) is 46.7 Å². The predicted molar refractivity (Wildman–Crippen MR) is 186 cm³/mol. The van der Waals surface area contributed by atoms with E-state index in [-0.39, 0.29) is 12.1 Å². The minimum absolute atomic E-state index is 0.0661. The average Bonchev–Trinajstić information content (AvgIpc) is 3.79. The van der Waals surface area contributed by atoms with Gasteiger partial charge in [0.1, 0.15) is 17.3 Å². The number of nitriles is 1. The van der Waals surface area contributed by atoms with Crippen molar-refractivity contribution in [2.45, 2.75) is 44.9 Å².